The lowest BCUT2D eigenvalue weighted by molar-refractivity contribution is -0.158. The fourth-order valence-electron chi connectivity index (χ4n) is 8.29. The van der Waals surface area contributed by atoms with Crippen molar-refractivity contribution in [3.05, 3.63) is 130 Å². The van der Waals surface area contributed by atoms with Gasteiger partial charge in [0.25, 0.3) is 11.8 Å². The van der Waals surface area contributed by atoms with Crippen LogP contribution in [-0.4, -0.2) is 49.7 Å². The number of benzene rings is 6. The van der Waals surface area contributed by atoms with E-state index in [1.165, 1.54) is 0 Å². The molecule has 8 rings (SSSR count). The number of methoxy groups -OCH3 is 1. The second kappa shape index (κ2) is 17.8. The second-order valence-electron chi connectivity index (χ2n) is 16.8. The third-order valence-corrected chi connectivity index (χ3v) is 11.4. The highest BCUT2D eigenvalue weighted by Crippen LogP contribution is 2.48. The van der Waals surface area contributed by atoms with Crippen LogP contribution in [0.1, 0.15) is 90.9 Å². The number of rotatable bonds is 15. The first kappa shape index (κ1) is 42.8. The zero-order chi connectivity index (χ0) is 44.5. The first-order chi connectivity index (χ1) is 30.4. The Morgan fingerprint density at radius 3 is 1.49 bits per heavy atom. The molecule has 0 saturated carbocycles. The monoisotopic (exact) mass is 848 g/mol. The molecule has 0 aliphatic carbocycles. The smallest absolute Gasteiger partial charge is 0.317 e. The number of nitrogens with zero attached hydrogens (tertiary/aromatic N) is 2. The van der Waals surface area contributed by atoms with Gasteiger partial charge < -0.3 is 33.5 Å². The third kappa shape index (κ3) is 8.39. The fourth-order valence-corrected chi connectivity index (χ4v) is 8.29. The van der Waals surface area contributed by atoms with Crippen molar-refractivity contribution in [2.75, 3.05) is 23.5 Å². The van der Waals surface area contributed by atoms with Gasteiger partial charge in [-0.15, -0.1) is 0 Å². The van der Waals surface area contributed by atoms with E-state index in [1.807, 2.05) is 76.2 Å². The van der Waals surface area contributed by atoms with Crippen molar-refractivity contribution in [1.29, 1.82) is 0 Å². The van der Waals surface area contributed by atoms with Crippen LogP contribution in [0.4, 0.5) is 11.4 Å². The van der Waals surface area contributed by atoms with Gasteiger partial charge in [-0.2, -0.15) is 0 Å². The number of hydrogen-bond donors (Lipinski definition) is 0. The topological polar surface area (TPSA) is 121 Å². The molecule has 0 bridgehead atoms. The van der Waals surface area contributed by atoms with Crippen LogP contribution < -0.4 is 28.7 Å². The average Bonchev–Trinajstić information content (AvgIpc) is 3.79. The van der Waals surface area contributed by atoms with Crippen LogP contribution in [0.3, 0.4) is 0 Å². The minimum absolute atomic E-state index is 0.101. The van der Waals surface area contributed by atoms with Gasteiger partial charge >= 0.3 is 11.9 Å². The van der Waals surface area contributed by atoms with Crippen LogP contribution in [0.15, 0.2) is 97.1 Å². The van der Waals surface area contributed by atoms with E-state index in [2.05, 4.69) is 13.8 Å². The van der Waals surface area contributed by atoms with Crippen molar-refractivity contribution in [2.45, 2.75) is 86.1 Å². The summed E-state index contributed by atoms with van der Waals surface area (Å²) in [5, 5.41) is 3.40. The Bertz CT molecular complexity index is 2740. The highest BCUT2D eigenvalue weighted by molar-refractivity contribution is 6.18. The zero-order valence-electron chi connectivity index (χ0n) is 36.8. The standard InChI is InChI=1S/C52H52N2O9/c1-8-32(6)62-50-40-16-12-9-13-37(40)47(59-7)41-27-53(52(58)46(41)50)35-21-17-33(18-22-35)25-43(55)63-44(56)26-34-19-23-36(24-20-34)54-28-42-45(51(54)57)49(60-29-30(2)3)39-15-11-10-14-38(39)48(42)61-31(4)5/h9-24,30-32H,8,25-29H2,1-7H3. The molecule has 0 saturated heterocycles. The van der Waals surface area contributed by atoms with Gasteiger partial charge in [0.2, 0.25) is 0 Å². The first-order valence-electron chi connectivity index (χ1n) is 21.6. The van der Waals surface area contributed by atoms with E-state index in [4.69, 9.17) is 23.7 Å². The highest BCUT2D eigenvalue weighted by Gasteiger charge is 2.38. The lowest BCUT2D eigenvalue weighted by Crippen LogP contribution is -2.23. The van der Waals surface area contributed by atoms with Crippen LogP contribution in [-0.2, 0) is 40.3 Å². The van der Waals surface area contributed by atoms with Crippen LogP contribution in [0.5, 0.6) is 23.0 Å². The molecule has 1 unspecified atom stereocenters. The van der Waals surface area contributed by atoms with Gasteiger partial charge in [0, 0.05) is 44.0 Å². The second-order valence-corrected chi connectivity index (χ2v) is 16.8. The van der Waals surface area contributed by atoms with Crippen molar-refractivity contribution >= 4 is 56.7 Å². The molecule has 1 atom stereocenters. The molecular formula is C52H52N2O9. The Morgan fingerprint density at radius 1 is 0.587 bits per heavy atom. The number of esters is 2. The van der Waals surface area contributed by atoms with Crippen LogP contribution in [0, 0.1) is 5.92 Å². The Morgan fingerprint density at radius 2 is 1.03 bits per heavy atom. The maximum absolute atomic E-state index is 14.2. The predicted octanol–water partition coefficient (Wildman–Crippen LogP) is 10.2. The quantitative estimate of drug-likeness (QED) is 0.0734. The number of amides is 2. The van der Waals surface area contributed by atoms with E-state index in [1.54, 1.807) is 65.4 Å². The molecule has 6 aromatic carbocycles. The van der Waals surface area contributed by atoms with Crippen LogP contribution in [0.25, 0.3) is 21.5 Å². The molecule has 0 spiro atoms. The lowest BCUT2D eigenvalue weighted by atomic mass is 9.99. The molecule has 2 aliphatic heterocycles. The number of ether oxygens (including phenoxy) is 5. The minimum Gasteiger partial charge on any atom is -0.496 e. The van der Waals surface area contributed by atoms with Gasteiger partial charge in [-0.3, -0.25) is 19.2 Å². The molecule has 2 aliphatic rings. The summed E-state index contributed by atoms with van der Waals surface area (Å²) in [4.78, 5) is 57.5. The van der Waals surface area contributed by atoms with Crippen molar-refractivity contribution in [3.63, 3.8) is 0 Å². The highest BCUT2D eigenvalue weighted by atomic mass is 16.6. The lowest BCUT2D eigenvalue weighted by Gasteiger charge is -2.20. The average molecular weight is 849 g/mol. The number of carbonyl (C=O) groups excluding carboxylic acids is 4. The molecule has 0 radical (unpaired) electrons. The normalized spacial score (nSPS) is 13.8. The van der Waals surface area contributed by atoms with E-state index in [9.17, 15) is 19.2 Å². The summed E-state index contributed by atoms with van der Waals surface area (Å²) < 4.78 is 30.2. The van der Waals surface area contributed by atoms with Gasteiger partial charge in [-0.25, -0.2) is 0 Å². The molecule has 324 valence electrons. The predicted molar refractivity (Wildman–Crippen MR) is 243 cm³/mol. The molecule has 0 aromatic heterocycles. The number of hydrogen-bond acceptors (Lipinski definition) is 9. The SMILES string of the molecule is CCC(C)Oc1c2c(c(OC)c3ccccc13)CN(c1ccc(CC(=O)OC(=O)Cc3ccc(N4Cc5c(c(OCC(C)C)c6ccccc6c5OC(C)C)C4=O)cc3)cc1)C2=O. The zero-order valence-corrected chi connectivity index (χ0v) is 36.8. The Balaban J connectivity index is 0.920. The Kier molecular flexibility index (Phi) is 12.1. The van der Waals surface area contributed by atoms with Crippen LogP contribution >= 0.6 is 0 Å². The van der Waals surface area contributed by atoms with Gasteiger partial charge in [-0.05, 0) is 68.5 Å². The summed E-state index contributed by atoms with van der Waals surface area (Å²) in [7, 11) is 1.61. The minimum atomic E-state index is -0.694. The summed E-state index contributed by atoms with van der Waals surface area (Å²) in [5.41, 5.74) is 5.06. The fraction of sp³-hybridized carbons (Fsp3) is 0.308. The maximum Gasteiger partial charge on any atom is 0.317 e. The van der Waals surface area contributed by atoms with E-state index in [0.717, 1.165) is 39.1 Å². The van der Waals surface area contributed by atoms with Crippen molar-refractivity contribution < 1.29 is 42.9 Å². The van der Waals surface area contributed by atoms with E-state index in [0.29, 0.717) is 63.2 Å². The number of carbonyl (C=O) groups is 4. The summed E-state index contributed by atoms with van der Waals surface area (Å²) in [6.07, 6.45) is 0.290. The molecule has 11 heteroatoms. The summed E-state index contributed by atoms with van der Waals surface area (Å²) in [5.74, 6) is 0.898. The third-order valence-electron chi connectivity index (χ3n) is 11.4. The number of fused-ring (bicyclic) bond motifs is 4. The van der Waals surface area contributed by atoms with Gasteiger partial charge in [0.1, 0.15) is 23.0 Å². The molecule has 6 aromatic rings. The summed E-state index contributed by atoms with van der Waals surface area (Å²) >= 11 is 0. The molecule has 2 heterocycles. The van der Waals surface area contributed by atoms with Gasteiger partial charge in [0.15, 0.2) is 0 Å². The molecule has 11 nitrogen and oxygen atoms in total. The summed E-state index contributed by atoms with van der Waals surface area (Å²) in [6, 6.07) is 29.7. The van der Waals surface area contributed by atoms with E-state index >= 15 is 0 Å². The van der Waals surface area contributed by atoms with E-state index < -0.39 is 11.9 Å². The van der Waals surface area contributed by atoms with Gasteiger partial charge in [0.05, 0.1) is 63.0 Å². The van der Waals surface area contributed by atoms with Gasteiger partial charge in [-0.1, -0.05) is 93.6 Å². The van der Waals surface area contributed by atoms with E-state index in [-0.39, 0.29) is 55.9 Å². The molecular weight excluding hydrogens is 797 g/mol. The molecule has 2 amide bonds. The first-order valence-corrected chi connectivity index (χ1v) is 21.6. The van der Waals surface area contributed by atoms with Crippen LogP contribution in [0.2, 0.25) is 0 Å². The molecule has 0 fully saturated rings. The molecule has 0 N–H and O–H groups in total. The van der Waals surface area contributed by atoms with Crippen molar-refractivity contribution in [2.24, 2.45) is 5.92 Å². The molecule has 63 heavy (non-hydrogen) atoms. The summed E-state index contributed by atoms with van der Waals surface area (Å²) in [6.45, 7) is 13.1. The Hall–Kier alpha value is -6.88. The largest absolute Gasteiger partial charge is 0.496 e. The Labute approximate surface area is 367 Å². The van der Waals surface area contributed by atoms with Crippen molar-refractivity contribution in [3.8, 4) is 23.0 Å². The van der Waals surface area contributed by atoms with Crippen molar-refractivity contribution in [1.82, 2.24) is 0 Å². The maximum atomic E-state index is 14.2. The number of anilines is 2.